The maximum atomic E-state index is 2.34. The van der Waals surface area contributed by atoms with E-state index >= 15 is 0 Å². The zero-order chi connectivity index (χ0) is 35.4. The third-order valence-corrected chi connectivity index (χ3v) is 12.6. The van der Waals surface area contributed by atoms with E-state index < -0.39 is 0 Å². The van der Waals surface area contributed by atoms with Crippen LogP contribution >= 0.6 is 0 Å². The van der Waals surface area contributed by atoms with Gasteiger partial charge in [0.15, 0.2) is 0 Å². The Kier molecular flexibility index (Phi) is 34.5. The first-order chi connectivity index (χ1) is 24.2. The minimum Gasteiger partial charge on any atom is -0.0704 e. The zero-order valence-corrected chi connectivity index (χ0v) is 35.2. The van der Waals surface area contributed by atoms with Crippen LogP contribution in [0.1, 0.15) is 297 Å². The highest BCUT2D eigenvalue weighted by Crippen LogP contribution is 2.53. The molecule has 0 aromatic rings. The van der Waals surface area contributed by atoms with Gasteiger partial charge in [0.1, 0.15) is 0 Å². The SMILES string of the molecule is CCCCCCCCCCCC1=C(CCCCCCCCCCC)C(CCCCCCCCCCC)(CCCCCCCCCCC)CC1. The van der Waals surface area contributed by atoms with Crippen molar-refractivity contribution in [3.8, 4) is 0 Å². The fourth-order valence-electron chi connectivity index (χ4n) is 9.27. The van der Waals surface area contributed by atoms with E-state index in [1.165, 1.54) is 270 Å². The van der Waals surface area contributed by atoms with Crippen LogP contribution in [-0.2, 0) is 0 Å². The van der Waals surface area contributed by atoms with Crippen molar-refractivity contribution in [2.75, 3.05) is 0 Å². The average Bonchev–Trinajstić information content (AvgIpc) is 3.45. The van der Waals surface area contributed by atoms with Gasteiger partial charge in [-0.1, -0.05) is 257 Å². The Morgan fingerprint density at radius 2 is 0.571 bits per heavy atom. The van der Waals surface area contributed by atoms with Crippen molar-refractivity contribution in [1.82, 2.24) is 0 Å². The summed E-state index contributed by atoms with van der Waals surface area (Å²) in [6, 6.07) is 0. The predicted octanol–water partition coefficient (Wildman–Crippen LogP) is 18.7. The molecule has 0 heterocycles. The first kappa shape index (κ1) is 46.8. The molecule has 0 amide bonds. The smallest absolute Gasteiger partial charge is 0.00824 e. The van der Waals surface area contributed by atoms with Crippen LogP contribution in [0, 0.1) is 5.41 Å². The van der Waals surface area contributed by atoms with Crippen molar-refractivity contribution in [2.45, 2.75) is 297 Å². The summed E-state index contributed by atoms with van der Waals surface area (Å²) in [6.07, 6.45) is 61.6. The average molecular weight is 685 g/mol. The normalized spacial score (nSPS) is 14.4. The Morgan fingerprint density at radius 1 is 0.306 bits per heavy atom. The Bertz CT molecular complexity index is 662. The van der Waals surface area contributed by atoms with E-state index in [1.807, 2.05) is 5.57 Å². The molecule has 0 saturated carbocycles. The number of hydrogen-bond donors (Lipinski definition) is 0. The summed E-state index contributed by atoms with van der Waals surface area (Å²) >= 11 is 0. The molecule has 0 unspecified atom stereocenters. The van der Waals surface area contributed by atoms with Crippen molar-refractivity contribution >= 4 is 0 Å². The van der Waals surface area contributed by atoms with Gasteiger partial charge in [-0.15, -0.1) is 0 Å². The minimum absolute atomic E-state index is 0.580. The van der Waals surface area contributed by atoms with Gasteiger partial charge in [0.25, 0.3) is 0 Å². The quantitative estimate of drug-likeness (QED) is 0.0445. The molecule has 1 aliphatic carbocycles. The monoisotopic (exact) mass is 685 g/mol. The second-order valence-corrected chi connectivity index (χ2v) is 17.2. The van der Waals surface area contributed by atoms with E-state index in [9.17, 15) is 0 Å². The molecule has 0 bridgehead atoms. The Balaban J connectivity index is 2.76. The third kappa shape index (κ3) is 26.2. The second kappa shape index (κ2) is 36.1. The summed E-state index contributed by atoms with van der Waals surface area (Å²) in [6.45, 7) is 9.36. The highest BCUT2D eigenvalue weighted by atomic mass is 14.4. The van der Waals surface area contributed by atoms with E-state index in [0.717, 1.165) is 0 Å². The molecule has 0 heteroatoms. The van der Waals surface area contributed by atoms with Gasteiger partial charge < -0.3 is 0 Å². The molecule has 0 atom stereocenters. The maximum Gasteiger partial charge on any atom is -0.00824 e. The molecule has 0 aliphatic heterocycles. The zero-order valence-electron chi connectivity index (χ0n) is 35.2. The van der Waals surface area contributed by atoms with Crippen LogP contribution in [0.25, 0.3) is 0 Å². The predicted molar refractivity (Wildman–Crippen MR) is 226 cm³/mol. The third-order valence-electron chi connectivity index (χ3n) is 12.6. The molecular weight excluding hydrogens is 589 g/mol. The minimum atomic E-state index is 0.580. The Hall–Kier alpha value is -0.260. The number of rotatable bonds is 40. The fourth-order valence-corrected chi connectivity index (χ4v) is 9.27. The molecule has 0 N–H and O–H groups in total. The van der Waals surface area contributed by atoms with Crippen LogP contribution in [0.3, 0.4) is 0 Å². The van der Waals surface area contributed by atoms with Crippen molar-refractivity contribution in [1.29, 1.82) is 0 Å². The first-order valence-corrected chi connectivity index (χ1v) is 23.9. The summed E-state index contributed by atoms with van der Waals surface area (Å²) in [4.78, 5) is 0. The Morgan fingerprint density at radius 3 is 0.898 bits per heavy atom. The standard InChI is InChI=1S/C49H96/c1-5-9-13-17-21-25-29-33-37-41-47-43-46-49(44-39-35-31-27-23-19-15-11-7-3,45-40-36-32-28-24-20-16-12-8-4)48(47)42-38-34-30-26-22-18-14-10-6-2/h5-46H2,1-4H3. The van der Waals surface area contributed by atoms with E-state index in [0.29, 0.717) is 5.41 Å². The lowest BCUT2D eigenvalue weighted by molar-refractivity contribution is 0.265. The molecule has 292 valence electrons. The van der Waals surface area contributed by atoms with Crippen LogP contribution in [0.15, 0.2) is 11.1 Å². The summed E-state index contributed by atoms with van der Waals surface area (Å²) in [7, 11) is 0. The summed E-state index contributed by atoms with van der Waals surface area (Å²) in [5, 5.41) is 0. The van der Waals surface area contributed by atoms with Crippen LogP contribution in [0.2, 0.25) is 0 Å². The molecule has 0 aromatic heterocycles. The number of allylic oxidation sites excluding steroid dienone is 2. The summed E-state index contributed by atoms with van der Waals surface area (Å²) < 4.78 is 0. The van der Waals surface area contributed by atoms with Gasteiger partial charge in [-0.3, -0.25) is 0 Å². The van der Waals surface area contributed by atoms with Crippen molar-refractivity contribution in [2.24, 2.45) is 5.41 Å². The van der Waals surface area contributed by atoms with E-state index in [2.05, 4.69) is 33.3 Å². The van der Waals surface area contributed by atoms with Gasteiger partial charge in [-0.05, 0) is 56.8 Å². The van der Waals surface area contributed by atoms with Crippen LogP contribution in [-0.4, -0.2) is 0 Å². The lowest BCUT2D eigenvalue weighted by Crippen LogP contribution is -2.21. The van der Waals surface area contributed by atoms with E-state index in [4.69, 9.17) is 0 Å². The van der Waals surface area contributed by atoms with Gasteiger partial charge >= 0.3 is 0 Å². The lowest BCUT2D eigenvalue weighted by atomic mass is 9.71. The molecule has 1 aliphatic rings. The molecular formula is C49H96. The molecule has 0 aromatic carbocycles. The first-order valence-electron chi connectivity index (χ1n) is 23.9. The van der Waals surface area contributed by atoms with Gasteiger partial charge in [0.2, 0.25) is 0 Å². The second-order valence-electron chi connectivity index (χ2n) is 17.2. The van der Waals surface area contributed by atoms with Gasteiger partial charge in [0.05, 0.1) is 0 Å². The molecule has 0 radical (unpaired) electrons. The molecule has 49 heavy (non-hydrogen) atoms. The van der Waals surface area contributed by atoms with Crippen LogP contribution < -0.4 is 0 Å². The molecule has 0 spiro atoms. The van der Waals surface area contributed by atoms with Crippen LogP contribution in [0.5, 0.6) is 0 Å². The van der Waals surface area contributed by atoms with Crippen molar-refractivity contribution in [3.05, 3.63) is 11.1 Å². The van der Waals surface area contributed by atoms with Crippen LogP contribution in [0.4, 0.5) is 0 Å². The van der Waals surface area contributed by atoms with E-state index in [1.54, 1.807) is 0 Å². The molecule has 0 fully saturated rings. The molecule has 0 saturated heterocycles. The number of unbranched alkanes of at least 4 members (excludes halogenated alkanes) is 32. The molecule has 1 rings (SSSR count). The van der Waals surface area contributed by atoms with Crippen molar-refractivity contribution < 1.29 is 0 Å². The van der Waals surface area contributed by atoms with E-state index in [-0.39, 0.29) is 0 Å². The maximum absolute atomic E-state index is 2.34. The highest BCUT2D eigenvalue weighted by molar-refractivity contribution is 5.29. The lowest BCUT2D eigenvalue weighted by Gasteiger charge is -2.34. The van der Waals surface area contributed by atoms with Gasteiger partial charge in [-0.2, -0.15) is 0 Å². The Labute approximate surface area is 313 Å². The molecule has 0 nitrogen and oxygen atoms in total. The van der Waals surface area contributed by atoms with Gasteiger partial charge in [-0.25, -0.2) is 0 Å². The largest absolute Gasteiger partial charge is 0.0704 e. The summed E-state index contributed by atoms with van der Waals surface area (Å²) in [5.41, 5.74) is 4.61. The summed E-state index contributed by atoms with van der Waals surface area (Å²) in [5.74, 6) is 0. The van der Waals surface area contributed by atoms with Crippen molar-refractivity contribution in [3.63, 3.8) is 0 Å². The number of hydrogen-bond acceptors (Lipinski definition) is 0. The highest BCUT2D eigenvalue weighted by Gasteiger charge is 2.38. The fraction of sp³-hybridized carbons (Fsp3) is 0.959. The topological polar surface area (TPSA) is 0 Å². The van der Waals surface area contributed by atoms with Gasteiger partial charge in [0, 0.05) is 0 Å².